The van der Waals surface area contributed by atoms with Crippen molar-refractivity contribution >= 4 is 7.82 Å². The lowest BCUT2D eigenvalue weighted by atomic mass is 10.0. The zero-order valence-electron chi connectivity index (χ0n) is 43.4. The topological polar surface area (TPSA) is 54.5 Å². The summed E-state index contributed by atoms with van der Waals surface area (Å²) in [6.07, 6.45) is 56.1. The van der Waals surface area contributed by atoms with Gasteiger partial charge in [-0.25, -0.2) is 4.57 Å². The highest BCUT2D eigenvalue weighted by Gasteiger charge is 2.36. The van der Waals surface area contributed by atoms with Gasteiger partial charge in [0.15, 0.2) is 0 Å². The van der Waals surface area contributed by atoms with E-state index in [9.17, 15) is 4.57 Å². The highest BCUT2D eigenvalue weighted by Crippen LogP contribution is 2.52. The predicted molar refractivity (Wildman–Crippen MR) is 274 cm³/mol. The van der Waals surface area contributed by atoms with Crippen LogP contribution in [0.25, 0.3) is 0 Å². The molecule has 7 nitrogen and oxygen atoms in total. The van der Waals surface area contributed by atoms with Crippen LogP contribution in [-0.4, -0.2) is 54.5 Å². The van der Waals surface area contributed by atoms with E-state index in [1.807, 2.05) is 15.2 Å². The minimum Gasteiger partial charge on any atom is -0.223 e. The van der Waals surface area contributed by atoms with Crippen LogP contribution < -0.4 is 0 Å². The zero-order valence-corrected chi connectivity index (χ0v) is 44.3. The first kappa shape index (κ1) is 62.0. The van der Waals surface area contributed by atoms with E-state index in [-0.39, 0.29) is 0 Å². The van der Waals surface area contributed by atoms with E-state index < -0.39 is 7.82 Å². The summed E-state index contributed by atoms with van der Waals surface area (Å²) in [5.74, 6) is 0. The third-order valence-corrected chi connectivity index (χ3v) is 14.3. The maximum Gasteiger partial charge on any atom is 0.525 e. The number of hydroxylamine groups is 6. The molecule has 0 aromatic heterocycles. The molecule has 0 spiro atoms. The molecular weight excluding hydrogens is 786 g/mol. The Balaban J connectivity index is 4.79. The van der Waals surface area contributed by atoms with Crippen molar-refractivity contribution in [2.75, 3.05) is 39.3 Å². The molecule has 0 aliphatic rings. The van der Waals surface area contributed by atoms with Gasteiger partial charge >= 0.3 is 7.82 Å². The SMILES string of the molecule is CCCCCCCCCCCCCCCCN(CC)OP(=O)(ON(CC)CCCCCCCCCCCCCCCC)ON(CC)CCCCCCCCCCCCCCCC. The van der Waals surface area contributed by atoms with Gasteiger partial charge in [0.1, 0.15) is 0 Å². The first-order valence-corrected chi connectivity index (χ1v) is 29.9. The van der Waals surface area contributed by atoms with Crippen LogP contribution in [-0.2, 0) is 18.4 Å². The van der Waals surface area contributed by atoms with Crippen LogP contribution in [0.4, 0.5) is 0 Å². The van der Waals surface area contributed by atoms with Gasteiger partial charge in [-0.15, -0.1) is 0 Å². The molecule has 0 aliphatic heterocycles. The van der Waals surface area contributed by atoms with Gasteiger partial charge in [0.25, 0.3) is 0 Å². The van der Waals surface area contributed by atoms with E-state index in [1.54, 1.807) is 0 Å². The minimum absolute atomic E-state index is 0.644. The number of phosphoric acid groups is 1. The van der Waals surface area contributed by atoms with E-state index in [2.05, 4.69) is 41.5 Å². The highest BCUT2D eigenvalue weighted by molar-refractivity contribution is 7.48. The molecule has 0 fully saturated rings. The van der Waals surface area contributed by atoms with Crippen molar-refractivity contribution in [3.63, 3.8) is 0 Å². The van der Waals surface area contributed by atoms with Gasteiger partial charge in [-0.3, -0.25) is 0 Å². The molecule has 8 heteroatoms. The van der Waals surface area contributed by atoms with E-state index in [1.165, 1.54) is 250 Å². The molecular formula is C54H114N3O4P. The van der Waals surface area contributed by atoms with E-state index >= 15 is 0 Å². The van der Waals surface area contributed by atoms with Crippen LogP contribution in [0, 0.1) is 0 Å². The Labute approximate surface area is 390 Å². The van der Waals surface area contributed by atoms with Gasteiger partial charge in [0.2, 0.25) is 0 Å². The second-order valence-electron chi connectivity index (χ2n) is 19.0. The quantitative estimate of drug-likeness (QED) is 0.0342. The minimum atomic E-state index is -3.92. The Bertz CT molecular complexity index is 788. The summed E-state index contributed by atoms with van der Waals surface area (Å²) in [4.78, 5) is 0. The van der Waals surface area contributed by atoms with Crippen LogP contribution in [0.1, 0.15) is 311 Å². The van der Waals surface area contributed by atoms with Crippen LogP contribution >= 0.6 is 7.82 Å². The summed E-state index contributed by atoms with van der Waals surface area (Å²) >= 11 is 0. The molecule has 0 aromatic rings. The van der Waals surface area contributed by atoms with Crippen molar-refractivity contribution in [3.8, 4) is 0 Å². The number of hydrogen-bond donors (Lipinski definition) is 0. The highest BCUT2D eigenvalue weighted by atomic mass is 31.2. The average molecular weight is 900 g/mol. The lowest BCUT2D eigenvalue weighted by Crippen LogP contribution is -2.32. The standard InChI is InChI=1S/C54H114N3O4P/c1-7-13-16-19-22-25-28-31-34-37-40-43-46-49-52-55(10-4)59-62(58,60-56(11-5)53-50-47-44-41-38-35-32-29-26-23-20-17-14-8-2)61-57(12-6)54-51-48-45-42-39-36-33-30-27-24-21-18-15-9-3/h7-54H2,1-6H3. The van der Waals surface area contributed by atoms with Gasteiger partial charge in [-0.2, -0.15) is 29.1 Å². The van der Waals surface area contributed by atoms with Crippen molar-refractivity contribution < 1.29 is 18.4 Å². The molecule has 0 saturated carbocycles. The van der Waals surface area contributed by atoms with E-state index in [0.717, 1.165) is 38.9 Å². The number of hydrogen-bond acceptors (Lipinski definition) is 7. The van der Waals surface area contributed by atoms with Gasteiger partial charge in [-0.05, 0) is 19.3 Å². The number of unbranched alkanes of at least 4 members (excludes halogenated alkanes) is 39. The molecule has 0 N–H and O–H groups in total. The fraction of sp³-hybridized carbons (Fsp3) is 1.00. The Kier molecular flexibility index (Phi) is 50.4. The molecule has 0 saturated heterocycles. The molecule has 62 heavy (non-hydrogen) atoms. The van der Waals surface area contributed by atoms with Crippen LogP contribution in [0.15, 0.2) is 0 Å². The predicted octanol–water partition coefficient (Wildman–Crippen LogP) is 19.3. The summed E-state index contributed by atoms with van der Waals surface area (Å²) in [5, 5.41) is 5.51. The summed E-state index contributed by atoms with van der Waals surface area (Å²) in [6, 6.07) is 0. The largest absolute Gasteiger partial charge is 0.525 e. The van der Waals surface area contributed by atoms with Crippen molar-refractivity contribution in [3.05, 3.63) is 0 Å². The maximum atomic E-state index is 14.6. The third-order valence-electron chi connectivity index (χ3n) is 13.0. The lowest BCUT2D eigenvalue weighted by Gasteiger charge is -2.31. The molecule has 0 rings (SSSR count). The Morgan fingerprint density at radius 2 is 0.387 bits per heavy atom. The van der Waals surface area contributed by atoms with E-state index in [0.29, 0.717) is 19.6 Å². The Morgan fingerprint density at radius 3 is 0.532 bits per heavy atom. The third kappa shape index (κ3) is 43.9. The summed E-state index contributed by atoms with van der Waals surface area (Å²) in [5.41, 5.74) is 0. The fourth-order valence-corrected chi connectivity index (χ4v) is 10.2. The first-order valence-electron chi connectivity index (χ1n) is 28.4. The van der Waals surface area contributed by atoms with Gasteiger partial charge in [0, 0.05) is 39.3 Å². The van der Waals surface area contributed by atoms with Crippen LogP contribution in [0.2, 0.25) is 0 Å². The molecule has 0 amide bonds. The van der Waals surface area contributed by atoms with Gasteiger partial charge in [-0.1, -0.05) is 292 Å². The normalized spacial score (nSPS) is 12.3. The van der Waals surface area contributed by atoms with Crippen LogP contribution in [0.3, 0.4) is 0 Å². The lowest BCUT2D eigenvalue weighted by molar-refractivity contribution is -0.184. The second-order valence-corrected chi connectivity index (χ2v) is 20.4. The molecule has 0 radical (unpaired) electrons. The smallest absolute Gasteiger partial charge is 0.223 e. The maximum absolute atomic E-state index is 14.6. The molecule has 0 heterocycles. The van der Waals surface area contributed by atoms with Crippen molar-refractivity contribution in [2.45, 2.75) is 311 Å². The summed E-state index contributed by atoms with van der Waals surface area (Å²) < 4.78 is 33.4. The molecule has 0 unspecified atom stereocenters. The fourth-order valence-electron chi connectivity index (χ4n) is 8.69. The van der Waals surface area contributed by atoms with Crippen molar-refractivity contribution in [1.82, 2.24) is 15.2 Å². The van der Waals surface area contributed by atoms with Crippen molar-refractivity contribution in [2.24, 2.45) is 0 Å². The van der Waals surface area contributed by atoms with Gasteiger partial charge in [0.05, 0.1) is 0 Å². The Morgan fingerprint density at radius 1 is 0.242 bits per heavy atom. The van der Waals surface area contributed by atoms with Gasteiger partial charge < -0.3 is 0 Å². The average Bonchev–Trinajstić information content (AvgIpc) is 3.28. The number of rotatable bonds is 54. The van der Waals surface area contributed by atoms with E-state index in [4.69, 9.17) is 13.9 Å². The first-order chi connectivity index (χ1) is 30.5. The molecule has 0 aromatic carbocycles. The second kappa shape index (κ2) is 50.4. The molecule has 0 bridgehead atoms. The number of nitrogens with zero attached hydrogens (tertiary/aromatic N) is 3. The summed E-state index contributed by atoms with van der Waals surface area (Å²) in [7, 11) is -3.92. The van der Waals surface area contributed by atoms with Crippen LogP contribution in [0.5, 0.6) is 0 Å². The zero-order chi connectivity index (χ0) is 45.3. The molecule has 374 valence electrons. The Hall–Kier alpha value is -0.0100. The summed E-state index contributed by atoms with van der Waals surface area (Å²) in [6.45, 7) is 17.3. The molecule has 0 atom stereocenters. The van der Waals surface area contributed by atoms with Crippen molar-refractivity contribution in [1.29, 1.82) is 0 Å². The molecule has 0 aliphatic carbocycles. The monoisotopic (exact) mass is 900 g/mol.